The zero-order valence-corrected chi connectivity index (χ0v) is 27.8. The van der Waals surface area contributed by atoms with Crippen LogP contribution in [0.15, 0.2) is 24.3 Å². The highest BCUT2D eigenvalue weighted by molar-refractivity contribution is 7.89. The van der Waals surface area contributed by atoms with Gasteiger partial charge in [-0.2, -0.15) is 4.31 Å². The predicted octanol–water partition coefficient (Wildman–Crippen LogP) is 4.11. The van der Waals surface area contributed by atoms with Crippen LogP contribution in [0.4, 0.5) is 4.79 Å². The fraction of sp³-hybridized carbons (Fsp3) is 0.750. The number of alkyl carbamates (subject to hydrolysis) is 1. The van der Waals surface area contributed by atoms with Gasteiger partial charge in [-0.25, -0.2) is 13.2 Å². The second-order valence-electron chi connectivity index (χ2n) is 13.4. The molecule has 1 aromatic carbocycles. The number of amides is 2. The molecule has 1 saturated carbocycles. The van der Waals surface area contributed by atoms with Crippen molar-refractivity contribution in [3.05, 3.63) is 34.9 Å². The van der Waals surface area contributed by atoms with E-state index in [0.29, 0.717) is 37.4 Å². The maximum absolute atomic E-state index is 14.4. The molecular weight excluding hydrogens is 604 g/mol. The number of piperazine rings is 1. The summed E-state index contributed by atoms with van der Waals surface area (Å²) in [6, 6.07) is 6.72. The van der Waals surface area contributed by atoms with E-state index >= 15 is 0 Å². The first-order valence-electron chi connectivity index (χ1n) is 16.3. The molecule has 3 saturated heterocycles. The molecular formula is C32H49ClN4O6S. The first-order valence-corrected chi connectivity index (χ1v) is 18.3. The first-order chi connectivity index (χ1) is 21.0. The number of methoxy groups -OCH3 is 1. The molecule has 1 aromatic rings. The van der Waals surface area contributed by atoms with E-state index in [1.165, 1.54) is 7.11 Å². The van der Waals surface area contributed by atoms with Crippen molar-refractivity contribution in [2.24, 2.45) is 5.92 Å². The maximum Gasteiger partial charge on any atom is 0.407 e. The Hall–Kier alpha value is -1.92. The zero-order valence-electron chi connectivity index (χ0n) is 26.2. The summed E-state index contributed by atoms with van der Waals surface area (Å²) in [6.45, 7) is 5.21. The molecule has 1 aliphatic carbocycles. The SMILES string of the molecule is COC(=O)N[C@H](C(=O)N[C@H]1CCCC[C@@H]1CC[C@H]1CN[C@@H]2CCCS(=O)(=O)N1C2)C1(c2ccc(Cl)cc2)C[C@@H](C)O[C@@H](C)C1. The maximum atomic E-state index is 14.4. The van der Waals surface area contributed by atoms with Crippen LogP contribution in [0.1, 0.15) is 83.6 Å². The Morgan fingerprint density at radius 1 is 1.09 bits per heavy atom. The monoisotopic (exact) mass is 652 g/mol. The van der Waals surface area contributed by atoms with Gasteiger partial charge in [-0.1, -0.05) is 36.6 Å². The summed E-state index contributed by atoms with van der Waals surface area (Å²) in [5.41, 5.74) is 0.178. The molecule has 2 bridgehead atoms. The number of carbonyl (C=O) groups excluding carboxylic acids is 2. The molecule has 2 unspecified atom stereocenters. The minimum Gasteiger partial charge on any atom is -0.453 e. The van der Waals surface area contributed by atoms with Crippen molar-refractivity contribution in [3.8, 4) is 0 Å². The summed E-state index contributed by atoms with van der Waals surface area (Å²) in [6.07, 6.45) is 7.21. The predicted molar refractivity (Wildman–Crippen MR) is 170 cm³/mol. The molecule has 2 amide bonds. The van der Waals surface area contributed by atoms with Crippen molar-refractivity contribution in [2.45, 2.75) is 120 Å². The number of benzene rings is 1. The van der Waals surface area contributed by atoms with E-state index in [-0.39, 0.29) is 47.9 Å². The van der Waals surface area contributed by atoms with E-state index in [2.05, 4.69) is 16.0 Å². The number of carbonyl (C=O) groups is 2. The molecule has 9 atom stereocenters. The van der Waals surface area contributed by atoms with Crippen LogP contribution in [0.25, 0.3) is 0 Å². The summed E-state index contributed by atoms with van der Waals surface area (Å²) in [7, 11) is -1.95. The average molecular weight is 653 g/mol. The molecule has 10 nitrogen and oxygen atoms in total. The quantitative estimate of drug-likeness (QED) is 0.386. The van der Waals surface area contributed by atoms with Crippen molar-refractivity contribution in [1.82, 2.24) is 20.3 Å². The Labute approximate surface area is 267 Å². The van der Waals surface area contributed by atoms with Gasteiger partial charge in [0.1, 0.15) is 6.04 Å². The number of nitrogens with one attached hydrogen (secondary N) is 3. The van der Waals surface area contributed by atoms with Gasteiger partial charge in [0.15, 0.2) is 0 Å². The standard InChI is InChI=1S/C32H49ClN4O6S/c1-21-17-32(18-22(2)43-21,24-11-13-25(33)14-12-24)29(36-31(39)42-3)30(38)35-28-9-5-4-7-23(28)10-15-27-19-34-26-8-6-16-44(40,41)37(27)20-26/h11-14,21-23,26-29,34H,4-10,15-20H2,1-3H3,(H,35,38)(H,36,39)/t21-,22+,23-,26-,27+,28+,29-,32?/m1/s1. The van der Waals surface area contributed by atoms with Crippen molar-refractivity contribution in [3.63, 3.8) is 0 Å². The lowest BCUT2D eigenvalue weighted by Gasteiger charge is -2.48. The molecule has 246 valence electrons. The Morgan fingerprint density at radius 2 is 1.80 bits per heavy atom. The zero-order chi connectivity index (χ0) is 31.5. The van der Waals surface area contributed by atoms with Gasteiger partial charge in [0, 0.05) is 41.7 Å². The van der Waals surface area contributed by atoms with E-state index in [1.807, 2.05) is 38.1 Å². The number of hydrogen-bond acceptors (Lipinski definition) is 7. The fourth-order valence-electron chi connectivity index (χ4n) is 8.31. The van der Waals surface area contributed by atoms with Crippen LogP contribution in [-0.2, 0) is 29.7 Å². The van der Waals surface area contributed by atoms with Crippen LogP contribution in [0, 0.1) is 5.92 Å². The van der Waals surface area contributed by atoms with Crippen molar-refractivity contribution < 1.29 is 27.5 Å². The van der Waals surface area contributed by atoms with Gasteiger partial charge in [0.2, 0.25) is 15.9 Å². The lowest BCUT2D eigenvalue weighted by molar-refractivity contribution is -0.130. The number of nitrogens with zero attached hydrogens (tertiary/aromatic N) is 1. The fourth-order valence-corrected chi connectivity index (χ4v) is 10.2. The molecule has 12 heteroatoms. The van der Waals surface area contributed by atoms with Gasteiger partial charge >= 0.3 is 6.09 Å². The van der Waals surface area contributed by atoms with E-state index in [0.717, 1.165) is 50.5 Å². The van der Waals surface area contributed by atoms with Crippen LogP contribution in [0.5, 0.6) is 0 Å². The molecule has 0 radical (unpaired) electrons. The number of ether oxygens (including phenoxy) is 2. The third-order valence-electron chi connectivity index (χ3n) is 10.3. The van der Waals surface area contributed by atoms with Crippen LogP contribution >= 0.6 is 11.6 Å². The summed E-state index contributed by atoms with van der Waals surface area (Å²) < 4.78 is 38.9. The second-order valence-corrected chi connectivity index (χ2v) is 15.9. The largest absolute Gasteiger partial charge is 0.453 e. The summed E-state index contributed by atoms with van der Waals surface area (Å²) in [4.78, 5) is 27.1. The summed E-state index contributed by atoms with van der Waals surface area (Å²) >= 11 is 6.25. The molecule has 44 heavy (non-hydrogen) atoms. The molecule has 4 fully saturated rings. The minimum atomic E-state index is -3.26. The van der Waals surface area contributed by atoms with Crippen LogP contribution in [-0.4, -0.2) is 87.1 Å². The van der Waals surface area contributed by atoms with E-state index in [4.69, 9.17) is 21.1 Å². The molecule has 3 aliphatic heterocycles. The van der Waals surface area contributed by atoms with Gasteiger partial charge in [-0.15, -0.1) is 0 Å². The minimum absolute atomic E-state index is 0.0693. The van der Waals surface area contributed by atoms with Gasteiger partial charge in [0.05, 0.1) is 25.1 Å². The molecule has 0 spiro atoms. The molecule has 3 heterocycles. The van der Waals surface area contributed by atoms with E-state index in [9.17, 15) is 18.0 Å². The first kappa shape index (κ1) is 33.4. The second kappa shape index (κ2) is 14.2. The van der Waals surface area contributed by atoms with Gasteiger partial charge < -0.3 is 25.4 Å². The third-order valence-corrected chi connectivity index (χ3v) is 12.5. The van der Waals surface area contributed by atoms with Crippen molar-refractivity contribution >= 4 is 33.6 Å². The Balaban J connectivity index is 1.36. The Kier molecular flexibility index (Phi) is 10.8. The Morgan fingerprint density at radius 3 is 2.50 bits per heavy atom. The van der Waals surface area contributed by atoms with E-state index < -0.39 is 27.6 Å². The number of halogens is 1. The van der Waals surface area contributed by atoms with Crippen LogP contribution < -0.4 is 16.0 Å². The van der Waals surface area contributed by atoms with Crippen LogP contribution in [0.3, 0.4) is 0 Å². The Bertz CT molecular complexity index is 1250. The molecule has 0 aromatic heterocycles. The highest BCUT2D eigenvalue weighted by Gasteiger charge is 2.50. The van der Waals surface area contributed by atoms with Crippen molar-refractivity contribution in [2.75, 3.05) is 26.0 Å². The number of fused-ring (bicyclic) bond motifs is 2. The lowest BCUT2D eigenvalue weighted by Crippen LogP contribution is -2.63. The highest BCUT2D eigenvalue weighted by Crippen LogP contribution is 2.43. The van der Waals surface area contributed by atoms with Gasteiger partial charge in [-0.3, -0.25) is 4.79 Å². The highest BCUT2D eigenvalue weighted by atomic mass is 35.5. The number of hydrogen-bond donors (Lipinski definition) is 3. The average Bonchev–Trinajstić information content (AvgIpc) is 3.10. The number of rotatable bonds is 8. The normalized spacial score (nSPS) is 36.0. The third kappa shape index (κ3) is 7.54. The topological polar surface area (TPSA) is 126 Å². The molecule has 4 aliphatic rings. The summed E-state index contributed by atoms with van der Waals surface area (Å²) in [5, 5.41) is 10.4. The number of sulfonamides is 1. The summed E-state index contributed by atoms with van der Waals surface area (Å²) in [5.74, 6) is 0.203. The van der Waals surface area contributed by atoms with Gasteiger partial charge in [-0.05, 0) is 88.8 Å². The van der Waals surface area contributed by atoms with E-state index in [1.54, 1.807) is 4.31 Å². The molecule has 3 N–H and O–H groups in total. The lowest BCUT2D eigenvalue weighted by atomic mass is 9.65. The van der Waals surface area contributed by atoms with Crippen LogP contribution in [0.2, 0.25) is 5.02 Å². The smallest absolute Gasteiger partial charge is 0.407 e. The van der Waals surface area contributed by atoms with Gasteiger partial charge in [0.25, 0.3) is 0 Å². The van der Waals surface area contributed by atoms with Crippen molar-refractivity contribution in [1.29, 1.82) is 0 Å². The molecule has 5 rings (SSSR count).